The Balaban J connectivity index is 1.28. The van der Waals surface area contributed by atoms with E-state index < -0.39 is 15.3 Å². The van der Waals surface area contributed by atoms with E-state index in [9.17, 15) is 8.42 Å². The first kappa shape index (κ1) is 25.2. The molecular weight excluding hydrogens is 496 g/mol. The van der Waals surface area contributed by atoms with Gasteiger partial charge in [0.05, 0.1) is 10.6 Å². The molecule has 1 N–H and O–H groups in total. The molecule has 1 saturated heterocycles. The van der Waals surface area contributed by atoms with Gasteiger partial charge in [0.2, 0.25) is 9.84 Å². The molecule has 198 valence electrons. The molecule has 1 aliphatic carbocycles. The van der Waals surface area contributed by atoms with E-state index in [1.807, 2.05) is 6.20 Å². The number of aromatic amines is 1. The normalized spacial score (nSPS) is 19.4. The third-order valence-electron chi connectivity index (χ3n) is 8.34. The number of hydrogen-bond donors (Lipinski definition) is 1. The number of aryl methyl sites for hydroxylation is 2. The zero-order chi connectivity index (χ0) is 26.3. The van der Waals surface area contributed by atoms with Crippen LogP contribution in [0.1, 0.15) is 43.7 Å². The first-order valence-corrected chi connectivity index (χ1v) is 15.1. The Labute approximate surface area is 224 Å². The standard InChI is InChI=1S/C30H34N4O3S/c1-20(37-2)38(35,36)27-13-9-22(10-14-27)29-28-18-25(19-31-30(28)33-32-29)24-6-5-21-7-11-26(12-8-23(21)17-24)34-15-3-4-16-34/h5-6,9-10,13-14,17-20,26H,3-4,7-8,11-12,15-16H2,1-2H3,(H,31,32,33)/t20?,26-/m0/s1. The lowest BCUT2D eigenvalue weighted by molar-refractivity contribution is 0.178. The lowest BCUT2D eigenvalue weighted by Gasteiger charge is -2.25. The summed E-state index contributed by atoms with van der Waals surface area (Å²) in [6.07, 6.45) is 9.32. The van der Waals surface area contributed by atoms with Gasteiger partial charge in [-0.1, -0.05) is 30.3 Å². The maximum atomic E-state index is 12.6. The summed E-state index contributed by atoms with van der Waals surface area (Å²) in [5.74, 6) is 0. The molecule has 0 bridgehead atoms. The highest BCUT2D eigenvalue weighted by Gasteiger charge is 2.25. The van der Waals surface area contributed by atoms with Crippen molar-refractivity contribution in [2.75, 3.05) is 20.2 Å². The summed E-state index contributed by atoms with van der Waals surface area (Å²) in [7, 11) is -2.15. The van der Waals surface area contributed by atoms with E-state index in [-0.39, 0.29) is 4.90 Å². The minimum Gasteiger partial charge on any atom is -0.365 e. The summed E-state index contributed by atoms with van der Waals surface area (Å²) in [5.41, 5.74) is 6.56. The molecular formula is C30H34N4O3S. The Bertz CT molecular complexity index is 1560. The van der Waals surface area contributed by atoms with Gasteiger partial charge in [-0.05, 0) is 93.4 Å². The monoisotopic (exact) mass is 530 g/mol. The molecule has 2 aromatic carbocycles. The fourth-order valence-electron chi connectivity index (χ4n) is 5.95. The molecule has 38 heavy (non-hydrogen) atoms. The predicted molar refractivity (Wildman–Crippen MR) is 150 cm³/mol. The quantitative estimate of drug-likeness (QED) is 0.336. The van der Waals surface area contributed by atoms with Crippen molar-refractivity contribution < 1.29 is 13.2 Å². The second-order valence-electron chi connectivity index (χ2n) is 10.5. The van der Waals surface area contributed by atoms with Gasteiger partial charge in [-0.15, -0.1) is 0 Å². The Morgan fingerprint density at radius 1 is 0.947 bits per heavy atom. The molecule has 0 amide bonds. The van der Waals surface area contributed by atoms with E-state index >= 15 is 0 Å². The summed E-state index contributed by atoms with van der Waals surface area (Å²) < 4.78 is 30.3. The average molecular weight is 531 g/mol. The van der Waals surface area contributed by atoms with Gasteiger partial charge in [-0.25, -0.2) is 13.4 Å². The van der Waals surface area contributed by atoms with Crippen molar-refractivity contribution in [3.63, 3.8) is 0 Å². The van der Waals surface area contributed by atoms with E-state index in [1.54, 1.807) is 24.3 Å². The van der Waals surface area contributed by atoms with Crippen molar-refractivity contribution in [3.05, 3.63) is 65.9 Å². The van der Waals surface area contributed by atoms with Gasteiger partial charge in [0.25, 0.3) is 0 Å². The lowest BCUT2D eigenvalue weighted by atomic mass is 9.96. The van der Waals surface area contributed by atoms with Crippen molar-refractivity contribution in [2.45, 2.75) is 61.8 Å². The van der Waals surface area contributed by atoms with Gasteiger partial charge in [-0.2, -0.15) is 5.10 Å². The fraction of sp³-hybridized carbons (Fsp3) is 0.400. The Hall–Kier alpha value is -3.07. The summed E-state index contributed by atoms with van der Waals surface area (Å²) >= 11 is 0. The van der Waals surface area contributed by atoms with Crippen molar-refractivity contribution >= 4 is 20.9 Å². The van der Waals surface area contributed by atoms with Gasteiger partial charge in [0.15, 0.2) is 11.1 Å². The molecule has 1 fully saturated rings. The largest absolute Gasteiger partial charge is 0.365 e. The lowest BCUT2D eigenvalue weighted by Crippen LogP contribution is -2.32. The average Bonchev–Trinajstić information content (AvgIpc) is 3.58. The molecule has 6 rings (SSSR count). The number of methoxy groups -OCH3 is 1. The van der Waals surface area contributed by atoms with Gasteiger partial charge in [0, 0.05) is 35.9 Å². The number of H-pyrrole nitrogens is 1. The van der Waals surface area contributed by atoms with Crippen LogP contribution in [0.25, 0.3) is 33.4 Å². The highest BCUT2D eigenvalue weighted by Crippen LogP contribution is 2.33. The maximum Gasteiger partial charge on any atom is 0.204 e. The zero-order valence-electron chi connectivity index (χ0n) is 22.0. The number of pyridine rings is 1. The van der Waals surface area contributed by atoms with Crippen LogP contribution in [0.3, 0.4) is 0 Å². The molecule has 0 spiro atoms. The van der Waals surface area contributed by atoms with E-state index in [2.05, 4.69) is 44.3 Å². The van der Waals surface area contributed by atoms with Crippen LogP contribution in [-0.4, -0.2) is 60.2 Å². The molecule has 4 aromatic rings. The highest BCUT2D eigenvalue weighted by atomic mass is 32.2. The summed E-state index contributed by atoms with van der Waals surface area (Å²) in [6, 6.07) is 16.5. The molecule has 1 unspecified atom stereocenters. The van der Waals surface area contributed by atoms with Crippen LogP contribution in [0.15, 0.2) is 59.6 Å². The van der Waals surface area contributed by atoms with Crippen molar-refractivity contribution in [3.8, 4) is 22.4 Å². The first-order valence-electron chi connectivity index (χ1n) is 13.5. The van der Waals surface area contributed by atoms with Crippen LogP contribution >= 0.6 is 0 Å². The number of sulfone groups is 1. The fourth-order valence-corrected chi connectivity index (χ4v) is 7.10. The van der Waals surface area contributed by atoms with Gasteiger partial charge in [0.1, 0.15) is 0 Å². The molecule has 0 saturated carbocycles. The van der Waals surface area contributed by atoms with Gasteiger partial charge >= 0.3 is 0 Å². The molecule has 8 heteroatoms. The van der Waals surface area contributed by atoms with Crippen LogP contribution in [0, 0.1) is 0 Å². The van der Waals surface area contributed by atoms with Crippen molar-refractivity contribution in [2.24, 2.45) is 0 Å². The third kappa shape index (κ3) is 4.65. The number of ether oxygens (including phenoxy) is 1. The molecule has 1 aliphatic heterocycles. The smallest absolute Gasteiger partial charge is 0.204 e. The first-order chi connectivity index (χ1) is 18.4. The second kappa shape index (κ2) is 10.2. The van der Waals surface area contributed by atoms with E-state index in [1.165, 1.54) is 69.5 Å². The molecule has 7 nitrogen and oxygen atoms in total. The molecule has 2 aromatic heterocycles. The summed E-state index contributed by atoms with van der Waals surface area (Å²) in [5, 5.41) is 8.40. The number of benzene rings is 2. The van der Waals surface area contributed by atoms with Crippen LogP contribution < -0.4 is 0 Å². The van der Waals surface area contributed by atoms with E-state index in [4.69, 9.17) is 4.74 Å². The number of hydrogen-bond acceptors (Lipinski definition) is 6. The minimum atomic E-state index is -3.54. The maximum absolute atomic E-state index is 12.6. The van der Waals surface area contributed by atoms with Crippen LogP contribution in [0.2, 0.25) is 0 Å². The highest BCUT2D eigenvalue weighted by molar-refractivity contribution is 7.91. The van der Waals surface area contributed by atoms with Crippen molar-refractivity contribution in [1.29, 1.82) is 0 Å². The molecule has 0 radical (unpaired) electrons. The number of rotatable bonds is 6. The number of likely N-dealkylation sites (tertiary alicyclic amines) is 1. The minimum absolute atomic E-state index is 0.232. The van der Waals surface area contributed by atoms with Gasteiger partial charge in [-0.3, -0.25) is 5.10 Å². The van der Waals surface area contributed by atoms with Crippen LogP contribution in [0.5, 0.6) is 0 Å². The van der Waals surface area contributed by atoms with Crippen LogP contribution in [0.4, 0.5) is 0 Å². The second-order valence-corrected chi connectivity index (χ2v) is 12.7. The zero-order valence-corrected chi connectivity index (χ0v) is 22.8. The molecule has 2 aliphatic rings. The predicted octanol–water partition coefficient (Wildman–Crippen LogP) is 5.40. The molecule has 3 heterocycles. The van der Waals surface area contributed by atoms with E-state index in [0.717, 1.165) is 35.0 Å². The topological polar surface area (TPSA) is 88.2 Å². The van der Waals surface area contributed by atoms with Crippen LogP contribution in [-0.2, 0) is 27.4 Å². The number of fused-ring (bicyclic) bond motifs is 2. The summed E-state index contributed by atoms with van der Waals surface area (Å²) in [4.78, 5) is 7.56. The number of aromatic nitrogens is 3. The summed E-state index contributed by atoms with van der Waals surface area (Å²) in [6.45, 7) is 4.05. The number of nitrogens with one attached hydrogen (secondary N) is 1. The van der Waals surface area contributed by atoms with Crippen molar-refractivity contribution in [1.82, 2.24) is 20.1 Å². The Morgan fingerprint density at radius 3 is 2.39 bits per heavy atom. The number of nitrogens with zero attached hydrogens (tertiary/aromatic N) is 3. The SMILES string of the molecule is COC(C)S(=O)(=O)c1ccc(-c2[nH]nc3ncc(-c4ccc5c(c4)CC[C@@H](N4CCCC4)CC5)cc23)cc1. The van der Waals surface area contributed by atoms with Gasteiger partial charge < -0.3 is 9.64 Å². The molecule has 2 atom stereocenters. The van der Waals surface area contributed by atoms with E-state index in [0.29, 0.717) is 11.7 Å². The Morgan fingerprint density at radius 2 is 1.66 bits per heavy atom. The third-order valence-corrected chi connectivity index (χ3v) is 10.3. The Kier molecular flexibility index (Phi) is 6.80.